The number of nitrogens with zero attached hydrogens (tertiary/aromatic N) is 5. The van der Waals surface area contributed by atoms with Crippen LogP contribution >= 0.6 is 0 Å². The van der Waals surface area contributed by atoms with Crippen molar-refractivity contribution in [3.05, 3.63) is 30.4 Å². The fourth-order valence-electron chi connectivity index (χ4n) is 3.78. The van der Waals surface area contributed by atoms with Crippen LogP contribution < -0.4 is 15.0 Å². The Labute approximate surface area is 180 Å². The molecule has 0 radical (unpaired) electrons. The quantitative estimate of drug-likeness (QED) is 0.795. The van der Waals surface area contributed by atoms with Gasteiger partial charge in [-0.1, -0.05) is 0 Å². The molecule has 4 rings (SSSR count). The van der Waals surface area contributed by atoms with E-state index in [0.717, 1.165) is 11.3 Å². The summed E-state index contributed by atoms with van der Waals surface area (Å²) < 4.78 is 11.0. The van der Waals surface area contributed by atoms with Gasteiger partial charge in [0.2, 0.25) is 5.75 Å². The third kappa shape index (κ3) is 4.37. The third-order valence-electron chi connectivity index (χ3n) is 5.32. The summed E-state index contributed by atoms with van der Waals surface area (Å²) in [7, 11) is 0. The van der Waals surface area contributed by atoms with Gasteiger partial charge in [-0.3, -0.25) is 14.7 Å². The minimum Gasteiger partial charge on any atom is -0.476 e. The molecule has 0 unspecified atom stereocenters. The average molecular weight is 426 g/mol. The first-order valence-corrected chi connectivity index (χ1v) is 10.4. The number of pyridine rings is 1. The second-order valence-electron chi connectivity index (χ2n) is 7.89. The molecule has 1 N–H and O–H groups in total. The summed E-state index contributed by atoms with van der Waals surface area (Å²) in [4.78, 5) is 41.1. The smallest absolute Gasteiger partial charge is 0.410 e. The van der Waals surface area contributed by atoms with Crippen molar-refractivity contribution in [2.24, 2.45) is 0 Å². The zero-order valence-electron chi connectivity index (χ0n) is 17.9. The van der Waals surface area contributed by atoms with Crippen molar-refractivity contribution in [3.8, 4) is 5.75 Å². The van der Waals surface area contributed by atoms with Gasteiger partial charge in [-0.25, -0.2) is 14.8 Å². The van der Waals surface area contributed by atoms with E-state index < -0.39 is 0 Å². The summed E-state index contributed by atoms with van der Waals surface area (Å²) in [6.07, 6.45) is 5.65. The monoisotopic (exact) mass is 426 g/mol. The van der Waals surface area contributed by atoms with E-state index in [1.54, 1.807) is 22.2 Å². The van der Waals surface area contributed by atoms with Gasteiger partial charge in [0.25, 0.3) is 5.91 Å². The van der Waals surface area contributed by atoms with E-state index in [9.17, 15) is 9.59 Å². The van der Waals surface area contributed by atoms with Crippen LogP contribution in [0.2, 0.25) is 0 Å². The Kier molecular flexibility index (Phi) is 5.88. The maximum atomic E-state index is 12.7. The van der Waals surface area contributed by atoms with E-state index in [-0.39, 0.29) is 30.8 Å². The van der Waals surface area contributed by atoms with Crippen LogP contribution in [0.3, 0.4) is 0 Å². The molecule has 1 saturated heterocycles. The summed E-state index contributed by atoms with van der Waals surface area (Å²) in [6.45, 7) is 6.54. The van der Waals surface area contributed by atoms with E-state index in [1.165, 1.54) is 6.33 Å². The lowest BCUT2D eigenvalue weighted by Crippen LogP contribution is -2.52. The van der Waals surface area contributed by atoms with Crippen LogP contribution in [-0.2, 0) is 9.53 Å². The number of aryl methyl sites for hydroxylation is 1. The van der Waals surface area contributed by atoms with Gasteiger partial charge in [0, 0.05) is 37.2 Å². The molecular formula is C21H26N6O4. The molecular weight excluding hydrogens is 400 g/mol. The highest BCUT2D eigenvalue weighted by molar-refractivity contribution is 5.98. The number of likely N-dealkylation sites (tertiary alicyclic amines) is 1. The SMILES string of the molecule is Cc1cnccc1Nc1ncnc2c1OCC(=O)N2C1CCN(C(=O)OC(C)C)CC1. The molecule has 4 heterocycles. The predicted octanol–water partition coefficient (Wildman–Crippen LogP) is 2.66. The maximum Gasteiger partial charge on any atom is 0.410 e. The van der Waals surface area contributed by atoms with E-state index >= 15 is 0 Å². The molecule has 2 aliphatic rings. The number of amides is 2. The molecule has 2 aromatic rings. The fourth-order valence-corrected chi connectivity index (χ4v) is 3.78. The summed E-state index contributed by atoms with van der Waals surface area (Å²) in [5.74, 6) is 1.24. The number of rotatable bonds is 4. The molecule has 164 valence electrons. The number of fused-ring (bicyclic) bond motifs is 1. The molecule has 31 heavy (non-hydrogen) atoms. The van der Waals surface area contributed by atoms with Gasteiger partial charge in [0.1, 0.15) is 6.33 Å². The Bertz CT molecular complexity index is 974. The summed E-state index contributed by atoms with van der Waals surface area (Å²) in [5, 5.41) is 3.26. The largest absolute Gasteiger partial charge is 0.476 e. The van der Waals surface area contributed by atoms with Gasteiger partial charge in [-0.2, -0.15) is 0 Å². The summed E-state index contributed by atoms with van der Waals surface area (Å²) in [6, 6.07) is 1.77. The Morgan fingerprint density at radius 1 is 1.29 bits per heavy atom. The lowest BCUT2D eigenvalue weighted by Gasteiger charge is -2.39. The van der Waals surface area contributed by atoms with Crippen molar-refractivity contribution in [3.63, 3.8) is 0 Å². The Hall–Kier alpha value is -3.43. The van der Waals surface area contributed by atoms with Crippen LogP contribution in [0.15, 0.2) is 24.8 Å². The average Bonchev–Trinajstić information content (AvgIpc) is 2.75. The van der Waals surface area contributed by atoms with Gasteiger partial charge in [0.15, 0.2) is 18.2 Å². The van der Waals surface area contributed by atoms with Crippen molar-refractivity contribution in [1.29, 1.82) is 0 Å². The molecule has 2 aromatic heterocycles. The van der Waals surface area contributed by atoms with Gasteiger partial charge < -0.3 is 19.7 Å². The van der Waals surface area contributed by atoms with Gasteiger partial charge >= 0.3 is 6.09 Å². The van der Waals surface area contributed by atoms with E-state index in [0.29, 0.717) is 43.3 Å². The molecule has 0 spiro atoms. The molecule has 0 bridgehead atoms. The van der Waals surface area contributed by atoms with Gasteiger partial charge in [-0.15, -0.1) is 0 Å². The van der Waals surface area contributed by atoms with Crippen LogP contribution in [0.25, 0.3) is 0 Å². The number of piperidine rings is 1. The van der Waals surface area contributed by atoms with Crippen molar-refractivity contribution < 1.29 is 19.1 Å². The molecule has 0 aromatic carbocycles. The number of ether oxygens (including phenoxy) is 2. The first kappa shape index (κ1) is 20.8. The first-order chi connectivity index (χ1) is 14.9. The number of carbonyl (C=O) groups is 2. The van der Waals surface area contributed by atoms with Gasteiger partial charge in [-0.05, 0) is 45.2 Å². The van der Waals surface area contributed by atoms with Crippen molar-refractivity contribution in [2.45, 2.75) is 45.8 Å². The minimum absolute atomic E-state index is 0.0799. The predicted molar refractivity (Wildman–Crippen MR) is 113 cm³/mol. The molecule has 2 aliphatic heterocycles. The van der Waals surface area contributed by atoms with Crippen molar-refractivity contribution in [1.82, 2.24) is 19.9 Å². The van der Waals surface area contributed by atoms with Crippen LogP contribution in [0, 0.1) is 6.92 Å². The van der Waals surface area contributed by atoms with Crippen LogP contribution in [0.5, 0.6) is 5.75 Å². The lowest BCUT2D eigenvalue weighted by molar-refractivity contribution is -0.122. The normalized spacial score (nSPS) is 16.7. The molecule has 0 saturated carbocycles. The fraction of sp³-hybridized carbons (Fsp3) is 0.476. The topological polar surface area (TPSA) is 110 Å². The van der Waals surface area contributed by atoms with E-state index in [2.05, 4.69) is 20.3 Å². The highest BCUT2D eigenvalue weighted by Crippen LogP contribution is 2.39. The number of aromatic nitrogens is 3. The second kappa shape index (κ2) is 8.75. The second-order valence-corrected chi connectivity index (χ2v) is 7.89. The highest BCUT2D eigenvalue weighted by atomic mass is 16.6. The van der Waals surface area contributed by atoms with Crippen LogP contribution in [0.1, 0.15) is 32.3 Å². The first-order valence-electron chi connectivity index (χ1n) is 10.4. The van der Waals surface area contributed by atoms with E-state index in [4.69, 9.17) is 9.47 Å². The molecule has 2 amide bonds. The highest BCUT2D eigenvalue weighted by Gasteiger charge is 2.37. The Morgan fingerprint density at radius 2 is 2.06 bits per heavy atom. The Balaban J connectivity index is 1.53. The molecule has 10 heteroatoms. The standard InChI is InChI=1S/C21H26N6O4/c1-13(2)31-21(29)26-8-5-15(6-9-26)27-17(28)11-30-18-19(23-12-24-20(18)27)25-16-4-7-22-10-14(16)3/h4,7,10,12-13,15H,5-6,8-9,11H2,1-3H3,(H,22,23,24,25). The van der Waals surface area contributed by atoms with Gasteiger partial charge in [0.05, 0.1) is 6.10 Å². The number of anilines is 3. The summed E-state index contributed by atoms with van der Waals surface area (Å²) in [5.41, 5.74) is 1.80. The number of carbonyl (C=O) groups excluding carboxylic acids is 2. The van der Waals surface area contributed by atoms with E-state index in [1.807, 2.05) is 26.8 Å². The van der Waals surface area contributed by atoms with Crippen molar-refractivity contribution in [2.75, 3.05) is 29.9 Å². The summed E-state index contributed by atoms with van der Waals surface area (Å²) >= 11 is 0. The lowest BCUT2D eigenvalue weighted by atomic mass is 10.0. The Morgan fingerprint density at radius 3 is 2.77 bits per heavy atom. The van der Waals surface area contributed by atoms with Crippen LogP contribution in [-0.4, -0.2) is 63.7 Å². The third-order valence-corrected chi connectivity index (χ3v) is 5.32. The van der Waals surface area contributed by atoms with Crippen molar-refractivity contribution >= 4 is 29.3 Å². The number of hydrogen-bond donors (Lipinski definition) is 1. The molecule has 0 aliphatic carbocycles. The number of nitrogens with one attached hydrogen (secondary N) is 1. The maximum absolute atomic E-state index is 12.7. The number of hydrogen-bond acceptors (Lipinski definition) is 8. The zero-order valence-corrected chi connectivity index (χ0v) is 17.9. The zero-order chi connectivity index (χ0) is 22.0. The molecule has 10 nitrogen and oxygen atoms in total. The molecule has 1 fully saturated rings. The van der Waals surface area contributed by atoms with Crippen LogP contribution in [0.4, 0.5) is 22.1 Å². The molecule has 0 atom stereocenters. The minimum atomic E-state index is -0.316.